The number of thiophene rings is 1. The van der Waals surface area contributed by atoms with E-state index in [2.05, 4.69) is 54.6 Å². The van der Waals surface area contributed by atoms with Gasteiger partial charge in [-0.15, -0.1) is 11.3 Å². The summed E-state index contributed by atoms with van der Waals surface area (Å²) >= 11 is 1.81. The van der Waals surface area contributed by atoms with Crippen LogP contribution in [0.15, 0.2) is 29.9 Å². The van der Waals surface area contributed by atoms with Crippen LogP contribution in [0.5, 0.6) is 0 Å². The van der Waals surface area contributed by atoms with E-state index in [0.29, 0.717) is 12.6 Å². The Labute approximate surface area is 125 Å². The van der Waals surface area contributed by atoms with Gasteiger partial charge in [0.25, 0.3) is 0 Å². The summed E-state index contributed by atoms with van der Waals surface area (Å²) in [6.07, 6.45) is 5.13. The summed E-state index contributed by atoms with van der Waals surface area (Å²) in [4.78, 5) is 3.74. The number of nitrogens with two attached hydrogens (primary N) is 1. The zero-order chi connectivity index (χ0) is 14.5. The molecule has 0 spiro atoms. The normalized spacial score (nSPS) is 13.3. The van der Waals surface area contributed by atoms with Crippen LogP contribution < -0.4 is 5.73 Å². The van der Waals surface area contributed by atoms with Gasteiger partial charge >= 0.3 is 0 Å². The number of hydrogen-bond acceptors (Lipinski definition) is 4. The highest BCUT2D eigenvalue weighted by molar-refractivity contribution is 7.09. The number of hydrogen-bond donors (Lipinski definition) is 1. The van der Waals surface area contributed by atoms with Gasteiger partial charge in [-0.1, -0.05) is 6.07 Å². The molecule has 110 valence electrons. The van der Waals surface area contributed by atoms with Crippen molar-refractivity contribution in [3.05, 3.63) is 40.3 Å². The molecule has 0 radical (unpaired) electrons. The molecule has 1 atom stereocenters. The summed E-state index contributed by atoms with van der Waals surface area (Å²) in [7, 11) is 2.14. The average molecular weight is 292 g/mol. The highest BCUT2D eigenvalue weighted by Gasteiger charge is 2.17. The smallest absolute Gasteiger partial charge is 0.0538 e. The van der Waals surface area contributed by atoms with Crippen molar-refractivity contribution in [3.8, 4) is 0 Å². The lowest BCUT2D eigenvalue weighted by Gasteiger charge is -2.25. The second kappa shape index (κ2) is 7.02. The standard InChI is InChI=1S/C15H24N4S/c1-12(2)19-11-13(10-17-19)15(9-16)18(3)7-6-14-5-4-8-20-14/h4-5,8,10-12,15H,6-7,9,16H2,1-3H3. The van der Waals surface area contributed by atoms with Crippen molar-refractivity contribution >= 4 is 11.3 Å². The minimum absolute atomic E-state index is 0.238. The Bertz CT molecular complexity index is 504. The van der Waals surface area contributed by atoms with E-state index in [9.17, 15) is 0 Å². The van der Waals surface area contributed by atoms with Gasteiger partial charge in [0.05, 0.1) is 6.20 Å². The first-order valence-corrected chi connectivity index (χ1v) is 7.96. The molecule has 0 aromatic carbocycles. The van der Waals surface area contributed by atoms with Gasteiger partial charge in [-0.05, 0) is 38.8 Å². The Morgan fingerprint density at radius 3 is 2.80 bits per heavy atom. The molecule has 0 fully saturated rings. The zero-order valence-electron chi connectivity index (χ0n) is 12.5. The van der Waals surface area contributed by atoms with Crippen LogP contribution >= 0.6 is 11.3 Å². The molecule has 0 amide bonds. The first-order chi connectivity index (χ1) is 9.61. The molecular formula is C15H24N4S. The van der Waals surface area contributed by atoms with E-state index in [4.69, 9.17) is 5.73 Å². The summed E-state index contributed by atoms with van der Waals surface area (Å²) in [5, 5.41) is 6.54. The fraction of sp³-hybridized carbons (Fsp3) is 0.533. The van der Waals surface area contributed by atoms with E-state index in [1.165, 1.54) is 10.4 Å². The predicted octanol–water partition coefficient (Wildman–Crippen LogP) is 2.70. The van der Waals surface area contributed by atoms with E-state index < -0.39 is 0 Å². The lowest BCUT2D eigenvalue weighted by molar-refractivity contribution is 0.253. The van der Waals surface area contributed by atoms with Crippen LogP contribution in [0.4, 0.5) is 0 Å². The molecule has 0 aliphatic heterocycles. The van der Waals surface area contributed by atoms with Gasteiger partial charge in [0.2, 0.25) is 0 Å². The molecular weight excluding hydrogens is 268 g/mol. The lowest BCUT2D eigenvalue weighted by Crippen LogP contribution is -2.31. The van der Waals surface area contributed by atoms with Crippen LogP contribution in [0.1, 0.15) is 36.4 Å². The van der Waals surface area contributed by atoms with Gasteiger partial charge in [0.1, 0.15) is 0 Å². The molecule has 1 unspecified atom stereocenters. The van der Waals surface area contributed by atoms with Crippen LogP contribution in [-0.4, -0.2) is 34.8 Å². The minimum atomic E-state index is 0.238. The third-order valence-electron chi connectivity index (χ3n) is 3.58. The molecule has 2 heterocycles. The van der Waals surface area contributed by atoms with Crippen molar-refractivity contribution in [2.75, 3.05) is 20.1 Å². The third kappa shape index (κ3) is 3.69. The van der Waals surface area contributed by atoms with E-state index in [1.54, 1.807) is 0 Å². The van der Waals surface area contributed by atoms with Gasteiger partial charge < -0.3 is 5.73 Å². The fourth-order valence-corrected chi connectivity index (χ4v) is 2.97. The van der Waals surface area contributed by atoms with Crippen molar-refractivity contribution in [1.82, 2.24) is 14.7 Å². The molecule has 2 rings (SSSR count). The largest absolute Gasteiger partial charge is 0.329 e. The van der Waals surface area contributed by atoms with E-state index in [-0.39, 0.29) is 6.04 Å². The molecule has 2 N–H and O–H groups in total. The Hall–Kier alpha value is -1.17. The summed E-state index contributed by atoms with van der Waals surface area (Å²) in [5.41, 5.74) is 7.17. The van der Waals surface area contributed by atoms with Gasteiger partial charge in [0, 0.05) is 41.8 Å². The second-order valence-electron chi connectivity index (χ2n) is 5.41. The quantitative estimate of drug-likeness (QED) is 0.853. The first-order valence-electron chi connectivity index (χ1n) is 7.08. The Kier molecular flexibility index (Phi) is 5.34. The predicted molar refractivity (Wildman–Crippen MR) is 85.1 cm³/mol. The van der Waals surface area contributed by atoms with Crippen molar-refractivity contribution in [2.45, 2.75) is 32.4 Å². The van der Waals surface area contributed by atoms with E-state index in [0.717, 1.165) is 13.0 Å². The maximum absolute atomic E-state index is 5.96. The van der Waals surface area contributed by atoms with Crippen molar-refractivity contribution in [1.29, 1.82) is 0 Å². The van der Waals surface area contributed by atoms with Gasteiger partial charge in [0.15, 0.2) is 0 Å². The maximum Gasteiger partial charge on any atom is 0.0538 e. The van der Waals surface area contributed by atoms with Crippen LogP contribution in [0.3, 0.4) is 0 Å². The fourth-order valence-electron chi connectivity index (χ4n) is 2.27. The molecule has 0 aliphatic rings. The molecule has 0 saturated heterocycles. The van der Waals surface area contributed by atoms with Gasteiger partial charge in [-0.2, -0.15) is 5.10 Å². The number of nitrogens with zero attached hydrogens (tertiary/aromatic N) is 3. The molecule has 2 aromatic rings. The molecule has 0 bridgehead atoms. The van der Waals surface area contributed by atoms with Gasteiger partial charge in [-0.3, -0.25) is 9.58 Å². The molecule has 4 nitrogen and oxygen atoms in total. The Morgan fingerprint density at radius 2 is 2.25 bits per heavy atom. The number of aromatic nitrogens is 2. The molecule has 5 heteroatoms. The Balaban J connectivity index is 1.98. The summed E-state index contributed by atoms with van der Waals surface area (Å²) in [6, 6.07) is 4.92. The summed E-state index contributed by atoms with van der Waals surface area (Å²) < 4.78 is 1.99. The van der Waals surface area contributed by atoms with Crippen molar-refractivity contribution < 1.29 is 0 Å². The van der Waals surface area contributed by atoms with Crippen LogP contribution in [0.25, 0.3) is 0 Å². The first kappa shape index (κ1) is 15.2. The molecule has 2 aromatic heterocycles. The number of rotatable bonds is 7. The highest BCUT2D eigenvalue weighted by atomic mass is 32.1. The number of likely N-dealkylation sites (N-methyl/N-ethyl adjacent to an activating group) is 1. The molecule has 0 saturated carbocycles. The van der Waals surface area contributed by atoms with Crippen LogP contribution in [0.2, 0.25) is 0 Å². The van der Waals surface area contributed by atoms with Crippen LogP contribution in [-0.2, 0) is 6.42 Å². The third-order valence-corrected chi connectivity index (χ3v) is 4.52. The van der Waals surface area contributed by atoms with Crippen LogP contribution in [0, 0.1) is 0 Å². The monoisotopic (exact) mass is 292 g/mol. The topological polar surface area (TPSA) is 47.1 Å². The SMILES string of the molecule is CC(C)n1cc(C(CN)N(C)CCc2cccs2)cn1. The van der Waals surface area contributed by atoms with E-state index in [1.807, 2.05) is 22.2 Å². The second-order valence-corrected chi connectivity index (χ2v) is 6.44. The molecule has 0 aliphatic carbocycles. The summed E-state index contributed by atoms with van der Waals surface area (Å²) in [5.74, 6) is 0. The minimum Gasteiger partial charge on any atom is -0.329 e. The van der Waals surface area contributed by atoms with Crippen molar-refractivity contribution in [3.63, 3.8) is 0 Å². The van der Waals surface area contributed by atoms with Crippen molar-refractivity contribution in [2.24, 2.45) is 5.73 Å². The molecule has 20 heavy (non-hydrogen) atoms. The average Bonchev–Trinajstić information content (AvgIpc) is 3.08. The summed E-state index contributed by atoms with van der Waals surface area (Å²) in [6.45, 7) is 5.89. The zero-order valence-corrected chi connectivity index (χ0v) is 13.3. The van der Waals surface area contributed by atoms with E-state index >= 15 is 0 Å². The Morgan fingerprint density at radius 1 is 1.45 bits per heavy atom. The lowest BCUT2D eigenvalue weighted by atomic mass is 10.1. The highest BCUT2D eigenvalue weighted by Crippen LogP contribution is 2.20. The van der Waals surface area contributed by atoms with Gasteiger partial charge in [-0.25, -0.2) is 0 Å². The maximum atomic E-state index is 5.96.